The average Bonchev–Trinajstić information content (AvgIpc) is 2.35. The molecule has 1 aliphatic carbocycles. The van der Waals surface area contributed by atoms with Crippen molar-refractivity contribution in [3.8, 4) is 0 Å². The number of carbonyl (C=O) groups excluding carboxylic acids is 1. The molecule has 0 bridgehead atoms. The number of benzene rings is 1. The van der Waals surface area contributed by atoms with Crippen molar-refractivity contribution in [1.82, 2.24) is 0 Å². The second kappa shape index (κ2) is 4.73. The Hall–Kier alpha value is -0.630. The van der Waals surface area contributed by atoms with Crippen LogP contribution in [-0.2, 0) is 10.8 Å². The molecule has 0 aliphatic heterocycles. The fourth-order valence-corrected chi connectivity index (χ4v) is 3.64. The number of rotatable bonds is 2. The SMILES string of the molecule is CC1CC(C)(C)c2cc(C(=O)CBr)ccc2C1(C)C. The Morgan fingerprint density at radius 1 is 1.26 bits per heavy atom. The molecule has 0 N–H and O–H groups in total. The zero-order valence-electron chi connectivity index (χ0n) is 12.5. The molecular formula is C17H23BrO. The molecule has 0 saturated carbocycles. The first-order chi connectivity index (χ1) is 8.70. The zero-order valence-corrected chi connectivity index (χ0v) is 14.1. The Balaban J connectivity index is 2.62. The van der Waals surface area contributed by atoms with E-state index in [2.05, 4.69) is 62.7 Å². The maximum Gasteiger partial charge on any atom is 0.173 e. The van der Waals surface area contributed by atoms with Crippen molar-refractivity contribution in [2.45, 2.75) is 51.9 Å². The van der Waals surface area contributed by atoms with Crippen molar-refractivity contribution in [2.75, 3.05) is 5.33 Å². The highest BCUT2D eigenvalue weighted by Gasteiger charge is 2.41. The lowest BCUT2D eigenvalue weighted by atomic mass is 9.58. The van der Waals surface area contributed by atoms with E-state index in [0.717, 1.165) is 5.56 Å². The monoisotopic (exact) mass is 322 g/mol. The van der Waals surface area contributed by atoms with Gasteiger partial charge in [-0.2, -0.15) is 0 Å². The standard InChI is InChI=1S/C17H23BrO/c1-11-9-16(2,3)14-8-12(15(19)10-18)6-7-13(14)17(11,4)5/h6-8,11H,9-10H2,1-5H3. The van der Waals surface area contributed by atoms with E-state index in [-0.39, 0.29) is 16.6 Å². The minimum absolute atomic E-state index is 0.146. The number of Topliss-reactive ketones (excluding diaryl/α,β-unsaturated/α-hetero) is 1. The molecule has 1 aromatic rings. The van der Waals surface area contributed by atoms with Crippen molar-refractivity contribution < 1.29 is 4.79 Å². The second-order valence-corrected chi connectivity index (χ2v) is 7.59. The summed E-state index contributed by atoms with van der Waals surface area (Å²) in [5, 5.41) is 0.395. The van der Waals surface area contributed by atoms with Gasteiger partial charge in [-0.05, 0) is 40.4 Å². The van der Waals surface area contributed by atoms with E-state index >= 15 is 0 Å². The second-order valence-electron chi connectivity index (χ2n) is 7.03. The van der Waals surface area contributed by atoms with Gasteiger partial charge in [-0.1, -0.05) is 62.7 Å². The molecule has 0 aromatic heterocycles. The molecule has 1 atom stereocenters. The first-order valence-corrected chi connectivity index (χ1v) is 8.06. The van der Waals surface area contributed by atoms with Crippen LogP contribution in [0.4, 0.5) is 0 Å². The van der Waals surface area contributed by atoms with Gasteiger partial charge < -0.3 is 0 Å². The summed E-state index contributed by atoms with van der Waals surface area (Å²) < 4.78 is 0. The third-order valence-electron chi connectivity index (χ3n) is 4.93. The Bertz CT molecular complexity index is 514. The number of carbonyl (C=O) groups is 1. The lowest BCUT2D eigenvalue weighted by molar-refractivity contribution is 0.102. The number of hydrogen-bond donors (Lipinski definition) is 0. The van der Waals surface area contributed by atoms with Crippen LogP contribution >= 0.6 is 15.9 Å². The molecule has 0 amide bonds. The molecule has 0 saturated heterocycles. The largest absolute Gasteiger partial charge is 0.293 e. The topological polar surface area (TPSA) is 17.1 Å². The van der Waals surface area contributed by atoms with Crippen LogP contribution in [0.3, 0.4) is 0 Å². The summed E-state index contributed by atoms with van der Waals surface area (Å²) in [5.41, 5.74) is 3.91. The van der Waals surface area contributed by atoms with Crippen molar-refractivity contribution in [3.05, 3.63) is 34.9 Å². The minimum atomic E-state index is 0.146. The molecule has 0 spiro atoms. The summed E-state index contributed by atoms with van der Waals surface area (Å²) in [6.45, 7) is 11.6. The summed E-state index contributed by atoms with van der Waals surface area (Å²) in [5.74, 6) is 0.808. The average molecular weight is 323 g/mol. The molecule has 2 rings (SSSR count). The van der Waals surface area contributed by atoms with Crippen LogP contribution in [0.2, 0.25) is 0 Å². The Labute approximate surface area is 124 Å². The van der Waals surface area contributed by atoms with Gasteiger partial charge in [-0.3, -0.25) is 4.79 Å². The van der Waals surface area contributed by atoms with Crippen molar-refractivity contribution in [3.63, 3.8) is 0 Å². The molecule has 1 aliphatic rings. The Kier molecular flexibility index (Phi) is 3.68. The van der Waals surface area contributed by atoms with Crippen LogP contribution in [0.25, 0.3) is 0 Å². The van der Waals surface area contributed by atoms with Crippen LogP contribution in [-0.4, -0.2) is 11.1 Å². The highest BCUT2D eigenvalue weighted by atomic mass is 79.9. The van der Waals surface area contributed by atoms with Crippen LogP contribution in [0, 0.1) is 5.92 Å². The first-order valence-electron chi connectivity index (χ1n) is 6.94. The fourth-order valence-electron chi connectivity index (χ4n) is 3.31. The fraction of sp³-hybridized carbons (Fsp3) is 0.588. The van der Waals surface area contributed by atoms with Gasteiger partial charge in [0.1, 0.15) is 0 Å². The molecule has 0 fully saturated rings. The van der Waals surface area contributed by atoms with Crippen LogP contribution in [0.5, 0.6) is 0 Å². The number of hydrogen-bond acceptors (Lipinski definition) is 1. The molecule has 1 unspecified atom stereocenters. The normalized spacial score (nSPS) is 23.8. The van der Waals surface area contributed by atoms with Gasteiger partial charge in [0, 0.05) is 5.56 Å². The number of halogens is 1. The van der Waals surface area contributed by atoms with Gasteiger partial charge in [0.2, 0.25) is 0 Å². The number of alkyl halides is 1. The number of fused-ring (bicyclic) bond motifs is 1. The van der Waals surface area contributed by atoms with Gasteiger partial charge in [0.15, 0.2) is 5.78 Å². The van der Waals surface area contributed by atoms with Crippen LogP contribution in [0.1, 0.15) is 62.5 Å². The van der Waals surface area contributed by atoms with Gasteiger partial charge in [0.25, 0.3) is 0 Å². The molecular weight excluding hydrogens is 300 g/mol. The molecule has 19 heavy (non-hydrogen) atoms. The van der Waals surface area contributed by atoms with Gasteiger partial charge in [-0.15, -0.1) is 0 Å². The van der Waals surface area contributed by atoms with Crippen LogP contribution < -0.4 is 0 Å². The highest BCUT2D eigenvalue weighted by Crippen LogP contribution is 2.49. The van der Waals surface area contributed by atoms with Crippen molar-refractivity contribution in [1.29, 1.82) is 0 Å². The summed E-state index contributed by atoms with van der Waals surface area (Å²) >= 11 is 3.26. The van der Waals surface area contributed by atoms with E-state index in [1.807, 2.05) is 6.07 Å². The van der Waals surface area contributed by atoms with E-state index in [9.17, 15) is 4.79 Å². The van der Waals surface area contributed by atoms with Gasteiger partial charge in [0.05, 0.1) is 5.33 Å². The third-order valence-corrected chi connectivity index (χ3v) is 5.44. The first kappa shape index (κ1) is 14.8. The summed E-state index contributed by atoms with van der Waals surface area (Å²) in [6.07, 6.45) is 1.17. The molecule has 0 radical (unpaired) electrons. The molecule has 1 aromatic carbocycles. The number of ketones is 1. The molecule has 104 valence electrons. The molecule has 0 heterocycles. The molecule has 2 heteroatoms. The van der Waals surface area contributed by atoms with E-state index in [1.165, 1.54) is 17.5 Å². The Morgan fingerprint density at radius 2 is 1.89 bits per heavy atom. The summed E-state index contributed by atoms with van der Waals surface area (Å²) in [6, 6.07) is 6.27. The lowest BCUT2D eigenvalue weighted by Gasteiger charge is -2.46. The third kappa shape index (κ3) is 2.40. The lowest BCUT2D eigenvalue weighted by Crippen LogP contribution is -2.40. The van der Waals surface area contributed by atoms with E-state index in [0.29, 0.717) is 11.2 Å². The highest BCUT2D eigenvalue weighted by molar-refractivity contribution is 9.09. The van der Waals surface area contributed by atoms with E-state index in [1.54, 1.807) is 0 Å². The summed E-state index contributed by atoms with van der Waals surface area (Å²) in [4.78, 5) is 11.9. The molecule has 1 nitrogen and oxygen atoms in total. The maximum atomic E-state index is 11.9. The maximum absolute atomic E-state index is 11.9. The summed E-state index contributed by atoms with van der Waals surface area (Å²) in [7, 11) is 0. The van der Waals surface area contributed by atoms with Crippen molar-refractivity contribution in [2.24, 2.45) is 5.92 Å². The van der Waals surface area contributed by atoms with E-state index in [4.69, 9.17) is 0 Å². The smallest absolute Gasteiger partial charge is 0.173 e. The predicted octanol–water partition coefficient (Wildman–Crippen LogP) is 4.86. The van der Waals surface area contributed by atoms with Crippen LogP contribution in [0.15, 0.2) is 18.2 Å². The minimum Gasteiger partial charge on any atom is -0.293 e. The Morgan fingerprint density at radius 3 is 2.47 bits per heavy atom. The van der Waals surface area contributed by atoms with Gasteiger partial charge >= 0.3 is 0 Å². The quantitative estimate of drug-likeness (QED) is 0.561. The van der Waals surface area contributed by atoms with Gasteiger partial charge in [-0.25, -0.2) is 0 Å². The van der Waals surface area contributed by atoms with E-state index < -0.39 is 0 Å². The predicted molar refractivity (Wildman–Crippen MR) is 84.4 cm³/mol. The zero-order chi connectivity index (χ0) is 14.4. The van der Waals surface area contributed by atoms with Crippen molar-refractivity contribution >= 4 is 21.7 Å².